The molecule has 0 saturated carbocycles. The molecule has 0 aliphatic carbocycles. The molecule has 222 valence electrons. The molecule has 12 heteroatoms. The van der Waals surface area contributed by atoms with Crippen molar-refractivity contribution in [3.63, 3.8) is 0 Å². The Bertz CT molecular complexity index is 1010. The number of carbonyl (C=O) groups excluding carboxylic acids is 6. The van der Waals surface area contributed by atoms with Gasteiger partial charge in [-0.25, -0.2) is 14.4 Å². The molecule has 1 aromatic carbocycles. The van der Waals surface area contributed by atoms with E-state index in [2.05, 4.69) is 5.32 Å². The summed E-state index contributed by atoms with van der Waals surface area (Å²) in [4.78, 5) is 73.5. The van der Waals surface area contributed by atoms with Crippen LogP contribution in [0.1, 0.15) is 53.0 Å². The summed E-state index contributed by atoms with van der Waals surface area (Å²) in [5.74, 6) is -4.73. The molecular weight excluding hydrogens is 526 g/mol. The third-order valence-corrected chi connectivity index (χ3v) is 5.50. The molecule has 0 bridgehead atoms. The lowest BCUT2D eigenvalue weighted by Crippen LogP contribution is -2.44. The Balaban J connectivity index is 2.59. The third-order valence-electron chi connectivity index (χ3n) is 5.50. The van der Waals surface area contributed by atoms with Crippen molar-refractivity contribution >= 4 is 35.6 Å². The Kier molecular flexibility index (Phi) is 15.2. The standard InChI is InChI=1S/C28H39NO11/c1-17(2)25(32)39-19(4)27(34)40-20(5)26(33)38-18(3)23(30)12-13-24(31)29-22(28(35)37-15-14-36-6)16-21-10-8-7-9-11-21/h7-11,17-20,22H,12-16H2,1-6H3,(H,29,31). The van der Waals surface area contributed by atoms with E-state index in [1.54, 1.807) is 38.1 Å². The molecule has 0 aliphatic heterocycles. The first kappa shape index (κ1) is 34.2. The minimum Gasteiger partial charge on any atom is -0.462 e. The lowest BCUT2D eigenvalue weighted by atomic mass is 10.1. The number of amides is 1. The van der Waals surface area contributed by atoms with E-state index in [9.17, 15) is 28.8 Å². The number of methoxy groups -OCH3 is 1. The van der Waals surface area contributed by atoms with Crippen molar-refractivity contribution < 1.29 is 52.5 Å². The summed E-state index contributed by atoms with van der Waals surface area (Å²) in [6.07, 6.45) is -4.17. The number of ketones is 1. The summed E-state index contributed by atoms with van der Waals surface area (Å²) in [5, 5.41) is 2.59. The van der Waals surface area contributed by atoms with Crippen LogP contribution in [0.2, 0.25) is 0 Å². The Morgan fingerprint density at radius 1 is 0.700 bits per heavy atom. The first-order chi connectivity index (χ1) is 18.8. The quantitative estimate of drug-likeness (QED) is 0.166. The normalized spacial score (nSPS) is 13.8. The predicted octanol–water partition coefficient (Wildman–Crippen LogP) is 1.70. The second kappa shape index (κ2) is 17.7. The average molecular weight is 566 g/mol. The number of nitrogens with one attached hydrogen (secondary N) is 1. The van der Waals surface area contributed by atoms with Crippen molar-refractivity contribution in [2.75, 3.05) is 20.3 Å². The van der Waals surface area contributed by atoms with E-state index in [0.29, 0.717) is 0 Å². The van der Waals surface area contributed by atoms with Crippen LogP contribution in [0.4, 0.5) is 0 Å². The van der Waals surface area contributed by atoms with Crippen molar-refractivity contribution in [2.24, 2.45) is 5.92 Å². The first-order valence-corrected chi connectivity index (χ1v) is 13.0. The van der Waals surface area contributed by atoms with Crippen LogP contribution in [0.3, 0.4) is 0 Å². The summed E-state index contributed by atoms with van der Waals surface area (Å²) < 4.78 is 25.0. The van der Waals surface area contributed by atoms with Crippen LogP contribution in [0, 0.1) is 5.92 Å². The molecule has 1 N–H and O–H groups in total. The van der Waals surface area contributed by atoms with Crippen LogP contribution >= 0.6 is 0 Å². The maximum atomic E-state index is 12.5. The fraction of sp³-hybridized carbons (Fsp3) is 0.571. The van der Waals surface area contributed by atoms with Gasteiger partial charge in [0.1, 0.15) is 12.6 Å². The van der Waals surface area contributed by atoms with Crippen molar-refractivity contribution in [2.45, 2.75) is 78.2 Å². The summed E-state index contributed by atoms with van der Waals surface area (Å²) >= 11 is 0. The Labute approximate surface area is 234 Å². The molecular formula is C28H39NO11. The molecule has 1 amide bonds. The topological polar surface area (TPSA) is 161 Å². The van der Waals surface area contributed by atoms with Crippen molar-refractivity contribution in [1.29, 1.82) is 0 Å². The van der Waals surface area contributed by atoms with Crippen molar-refractivity contribution in [3.05, 3.63) is 35.9 Å². The fourth-order valence-corrected chi connectivity index (χ4v) is 3.09. The van der Waals surface area contributed by atoms with Gasteiger partial charge in [-0.1, -0.05) is 44.2 Å². The van der Waals surface area contributed by atoms with E-state index in [1.165, 1.54) is 27.9 Å². The number of ether oxygens (including phenoxy) is 5. The molecule has 0 aromatic heterocycles. The molecule has 0 spiro atoms. The SMILES string of the molecule is COCCOC(=O)C(Cc1ccccc1)NC(=O)CCC(=O)C(C)OC(=O)C(C)OC(=O)C(C)OC(=O)C(C)C. The van der Waals surface area contributed by atoms with Crippen LogP contribution in [-0.4, -0.2) is 80.2 Å². The van der Waals surface area contributed by atoms with Gasteiger partial charge in [0.05, 0.1) is 12.5 Å². The molecule has 4 atom stereocenters. The first-order valence-electron chi connectivity index (χ1n) is 13.0. The van der Waals surface area contributed by atoms with E-state index < -0.39 is 65.8 Å². The zero-order valence-corrected chi connectivity index (χ0v) is 23.8. The highest BCUT2D eigenvalue weighted by atomic mass is 16.6. The van der Waals surface area contributed by atoms with E-state index in [-0.39, 0.29) is 32.5 Å². The van der Waals surface area contributed by atoms with E-state index in [4.69, 9.17) is 23.7 Å². The predicted molar refractivity (Wildman–Crippen MR) is 141 cm³/mol. The van der Waals surface area contributed by atoms with Crippen LogP contribution in [0.25, 0.3) is 0 Å². The maximum Gasteiger partial charge on any atom is 0.347 e. The van der Waals surface area contributed by atoms with E-state index >= 15 is 0 Å². The van der Waals surface area contributed by atoms with Crippen LogP contribution in [-0.2, 0) is 58.9 Å². The Hall–Kier alpha value is -3.80. The van der Waals surface area contributed by atoms with Crippen molar-refractivity contribution in [3.8, 4) is 0 Å². The number of hydrogen-bond donors (Lipinski definition) is 1. The summed E-state index contributed by atoms with van der Waals surface area (Å²) in [5.41, 5.74) is 0.801. The van der Waals surface area contributed by atoms with Gasteiger partial charge in [0.2, 0.25) is 5.91 Å². The molecule has 0 heterocycles. The monoisotopic (exact) mass is 565 g/mol. The molecule has 4 unspecified atom stereocenters. The van der Waals surface area contributed by atoms with Gasteiger partial charge in [0, 0.05) is 26.4 Å². The summed E-state index contributed by atoms with van der Waals surface area (Å²) in [6, 6.07) is 8.06. The van der Waals surface area contributed by atoms with Crippen LogP contribution in [0.15, 0.2) is 30.3 Å². The van der Waals surface area contributed by atoms with Gasteiger partial charge in [0.15, 0.2) is 24.1 Å². The highest BCUT2D eigenvalue weighted by molar-refractivity contribution is 5.91. The lowest BCUT2D eigenvalue weighted by Gasteiger charge is -2.19. The van der Waals surface area contributed by atoms with Gasteiger partial charge in [-0.15, -0.1) is 0 Å². The minimum atomic E-state index is -1.37. The van der Waals surface area contributed by atoms with Gasteiger partial charge in [-0.3, -0.25) is 14.4 Å². The number of benzene rings is 1. The van der Waals surface area contributed by atoms with Crippen LogP contribution < -0.4 is 5.32 Å². The molecule has 0 saturated heterocycles. The van der Waals surface area contributed by atoms with Gasteiger partial charge >= 0.3 is 23.9 Å². The number of esters is 4. The van der Waals surface area contributed by atoms with Gasteiger partial charge in [-0.05, 0) is 26.3 Å². The maximum absolute atomic E-state index is 12.5. The smallest absolute Gasteiger partial charge is 0.347 e. The minimum absolute atomic E-state index is 0.0214. The second-order valence-corrected chi connectivity index (χ2v) is 9.33. The summed E-state index contributed by atoms with van der Waals surface area (Å²) in [7, 11) is 1.47. The van der Waals surface area contributed by atoms with Crippen molar-refractivity contribution in [1.82, 2.24) is 5.32 Å². The molecule has 0 aliphatic rings. The third kappa shape index (κ3) is 12.8. The molecule has 0 radical (unpaired) electrons. The zero-order chi connectivity index (χ0) is 30.2. The number of hydrogen-bond acceptors (Lipinski definition) is 11. The number of Topliss-reactive ketones (excluding diaryl/α,β-unsaturated/α-hetero) is 1. The Morgan fingerprint density at radius 3 is 1.80 bits per heavy atom. The fourth-order valence-electron chi connectivity index (χ4n) is 3.09. The molecule has 1 aromatic rings. The highest BCUT2D eigenvalue weighted by Gasteiger charge is 2.29. The second-order valence-electron chi connectivity index (χ2n) is 9.33. The lowest BCUT2D eigenvalue weighted by molar-refractivity contribution is -0.179. The molecule has 12 nitrogen and oxygen atoms in total. The number of rotatable bonds is 17. The molecule has 1 rings (SSSR count). The molecule has 0 fully saturated rings. The Morgan fingerprint density at radius 2 is 1.25 bits per heavy atom. The van der Waals surface area contributed by atoms with Gasteiger partial charge in [-0.2, -0.15) is 0 Å². The van der Waals surface area contributed by atoms with Gasteiger partial charge in [0.25, 0.3) is 0 Å². The largest absolute Gasteiger partial charge is 0.462 e. The zero-order valence-electron chi connectivity index (χ0n) is 23.8. The number of carbonyl (C=O) groups is 6. The highest BCUT2D eigenvalue weighted by Crippen LogP contribution is 2.09. The van der Waals surface area contributed by atoms with E-state index in [0.717, 1.165) is 5.56 Å². The van der Waals surface area contributed by atoms with E-state index in [1.807, 2.05) is 6.07 Å². The average Bonchev–Trinajstić information content (AvgIpc) is 2.91. The summed E-state index contributed by atoms with van der Waals surface area (Å²) in [6.45, 7) is 7.31. The molecule has 40 heavy (non-hydrogen) atoms. The van der Waals surface area contributed by atoms with Gasteiger partial charge < -0.3 is 29.0 Å². The van der Waals surface area contributed by atoms with Crippen LogP contribution in [0.5, 0.6) is 0 Å².